The molecule has 1 aromatic carbocycles. The predicted molar refractivity (Wildman–Crippen MR) is 92.3 cm³/mol. The Morgan fingerprint density at radius 2 is 2.04 bits per heavy atom. The monoisotopic (exact) mass is 348 g/mol. The smallest absolute Gasteiger partial charge is 0.354 e. The highest BCUT2D eigenvalue weighted by molar-refractivity contribution is 6.37. The highest BCUT2D eigenvalue weighted by atomic mass is 16.5. The van der Waals surface area contributed by atoms with Crippen molar-refractivity contribution in [3.05, 3.63) is 29.8 Å². The van der Waals surface area contributed by atoms with Crippen molar-refractivity contribution in [2.24, 2.45) is 10.5 Å². The first-order valence-corrected chi connectivity index (χ1v) is 8.09. The minimum absolute atomic E-state index is 0.0236. The lowest BCUT2D eigenvalue weighted by atomic mass is 9.80. The number of benzene rings is 1. The number of carbonyl (C=O) groups is 2. The van der Waals surface area contributed by atoms with Gasteiger partial charge in [-0.05, 0) is 25.1 Å². The third-order valence-electron chi connectivity index (χ3n) is 4.21. The Morgan fingerprint density at radius 3 is 2.60 bits per heavy atom. The van der Waals surface area contributed by atoms with Gasteiger partial charge in [0.05, 0.1) is 13.7 Å². The van der Waals surface area contributed by atoms with Crippen LogP contribution in [0, 0.1) is 5.41 Å². The standard InChI is InChI=1S/C18H24N2O5/c1-6-25-16(22)14-11-18(23,17(2,3)4)20(19-14)15(21)12-8-7-9-13(10-12)24-5/h7-10,23H,6,11H2,1-5H3/t18-/m0/s1. The van der Waals surface area contributed by atoms with Gasteiger partial charge in [-0.15, -0.1) is 0 Å². The van der Waals surface area contributed by atoms with Crippen molar-refractivity contribution in [2.75, 3.05) is 13.7 Å². The summed E-state index contributed by atoms with van der Waals surface area (Å²) in [4.78, 5) is 25.0. The summed E-state index contributed by atoms with van der Waals surface area (Å²) >= 11 is 0. The summed E-state index contributed by atoms with van der Waals surface area (Å²) < 4.78 is 10.1. The molecule has 0 aromatic heterocycles. The molecule has 1 N–H and O–H groups in total. The fourth-order valence-electron chi connectivity index (χ4n) is 2.55. The van der Waals surface area contributed by atoms with Gasteiger partial charge in [-0.2, -0.15) is 10.1 Å². The van der Waals surface area contributed by atoms with E-state index in [1.807, 2.05) is 0 Å². The number of nitrogens with zero attached hydrogens (tertiary/aromatic N) is 2. The van der Waals surface area contributed by atoms with Crippen molar-refractivity contribution in [1.29, 1.82) is 0 Å². The first-order valence-electron chi connectivity index (χ1n) is 8.09. The summed E-state index contributed by atoms with van der Waals surface area (Å²) in [5.74, 6) is -0.638. The SMILES string of the molecule is CCOC(=O)C1=NN(C(=O)c2cccc(OC)c2)[C@@](O)(C(C)(C)C)C1. The second-order valence-corrected chi connectivity index (χ2v) is 6.86. The van der Waals surface area contributed by atoms with Crippen LogP contribution in [0.4, 0.5) is 0 Å². The highest BCUT2D eigenvalue weighted by Gasteiger charge is 2.54. The zero-order chi connectivity index (χ0) is 18.8. The van der Waals surface area contributed by atoms with Crippen molar-refractivity contribution >= 4 is 17.6 Å². The molecule has 1 amide bonds. The molecule has 0 aliphatic carbocycles. The van der Waals surface area contributed by atoms with Crippen LogP contribution < -0.4 is 4.74 Å². The van der Waals surface area contributed by atoms with Gasteiger partial charge in [0.15, 0.2) is 11.4 Å². The molecular weight excluding hydrogens is 324 g/mol. The van der Waals surface area contributed by atoms with Crippen LogP contribution >= 0.6 is 0 Å². The number of aliphatic hydroxyl groups is 1. The fourth-order valence-corrected chi connectivity index (χ4v) is 2.55. The predicted octanol–water partition coefficient (Wildman–Crippen LogP) is 2.19. The first kappa shape index (κ1) is 18.9. The largest absolute Gasteiger partial charge is 0.497 e. The molecular formula is C18H24N2O5. The molecule has 25 heavy (non-hydrogen) atoms. The zero-order valence-electron chi connectivity index (χ0n) is 15.2. The van der Waals surface area contributed by atoms with Crippen molar-refractivity contribution in [1.82, 2.24) is 5.01 Å². The molecule has 0 unspecified atom stereocenters. The molecule has 0 spiro atoms. The van der Waals surface area contributed by atoms with Crippen LogP contribution in [0.1, 0.15) is 44.5 Å². The second kappa shape index (κ2) is 6.84. The lowest BCUT2D eigenvalue weighted by molar-refractivity contribution is -0.144. The first-order chi connectivity index (χ1) is 11.6. The number of carbonyl (C=O) groups excluding carboxylic acids is 2. The molecule has 0 fully saturated rings. The van der Waals surface area contributed by atoms with Crippen LogP contribution in [0.5, 0.6) is 5.75 Å². The molecule has 7 nitrogen and oxygen atoms in total. The number of rotatable bonds is 4. The number of methoxy groups -OCH3 is 1. The summed E-state index contributed by atoms with van der Waals surface area (Å²) in [5.41, 5.74) is -2.06. The molecule has 0 saturated carbocycles. The maximum atomic E-state index is 13.0. The summed E-state index contributed by atoms with van der Waals surface area (Å²) in [5, 5.41) is 16.3. The fraction of sp³-hybridized carbons (Fsp3) is 0.500. The van der Waals surface area contributed by atoms with E-state index in [9.17, 15) is 14.7 Å². The normalized spacial score (nSPS) is 20.2. The molecule has 1 heterocycles. The summed E-state index contributed by atoms with van der Waals surface area (Å²) in [6.45, 7) is 7.21. The molecule has 2 rings (SSSR count). The Kier molecular flexibility index (Phi) is 5.17. The molecule has 0 saturated heterocycles. The third-order valence-corrected chi connectivity index (χ3v) is 4.21. The third kappa shape index (κ3) is 3.51. The number of hydrazone groups is 1. The minimum Gasteiger partial charge on any atom is -0.497 e. The van der Waals surface area contributed by atoms with Crippen LogP contribution in [-0.2, 0) is 9.53 Å². The van der Waals surface area contributed by atoms with Crippen LogP contribution in [0.3, 0.4) is 0 Å². The molecule has 1 aromatic rings. The van der Waals surface area contributed by atoms with Crippen molar-refractivity contribution < 1.29 is 24.2 Å². The van der Waals surface area contributed by atoms with Gasteiger partial charge in [-0.25, -0.2) is 4.79 Å². The van der Waals surface area contributed by atoms with E-state index in [1.54, 1.807) is 52.0 Å². The van der Waals surface area contributed by atoms with Crippen LogP contribution in [0.15, 0.2) is 29.4 Å². The summed E-state index contributed by atoms with van der Waals surface area (Å²) in [7, 11) is 1.50. The van der Waals surface area contributed by atoms with Gasteiger partial charge in [0.2, 0.25) is 0 Å². The van der Waals surface area contributed by atoms with Crippen LogP contribution in [0.2, 0.25) is 0 Å². The number of ether oxygens (including phenoxy) is 2. The van der Waals surface area contributed by atoms with Crippen LogP contribution in [0.25, 0.3) is 0 Å². The average molecular weight is 348 g/mol. The Labute approximate surface area is 147 Å². The molecule has 1 aliphatic rings. The van der Waals surface area contributed by atoms with Gasteiger partial charge in [0.1, 0.15) is 5.75 Å². The van der Waals surface area contributed by atoms with E-state index in [2.05, 4.69) is 5.10 Å². The van der Waals surface area contributed by atoms with Gasteiger partial charge in [-0.1, -0.05) is 26.8 Å². The van der Waals surface area contributed by atoms with E-state index in [0.29, 0.717) is 11.3 Å². The van der Waals surface area contributed by atoms with Gasteiger partial charge in [-0.3, -0.25) is 4.79 Å². The maximum Gasteiger partial charge on any atom is 0.354 e. The van der Waals surface area contributed by atoms with E-state index >= 15 is 0 Å². The number of amides is 1. The number of hydrogen-bond donors (Lipinski definition) is 1. The summed E-state index contributed by atoms with van der Waals surface area (Å²) in [6, 6.07) is 6.55. The molecule has 7 heteroatoms. The van der Waals surface area contributed by atoms with Gasteiger partial charge < -0.3 is 14.6 Å². The molecule has 136 valence electrons. The highest BCUT2D eigenvalue weighted by Crippen LogP contribution is 2.41. The Balaban J connectivity index is 2.44. The van der Waals surface area contributed by atoms with E-state index in [0.717, 1.165) is 5.01 Å². The minimum atomic E-state index is -1.64. The quantitative estimate of drug-likeness (QED) is 0.843. The Hall–Kier alpha value is -2.41. The second-order valence-electron chi connectivity index (χ2n) is 6.86. The van der Waals surface area contributed by atoms with Crippen molar-refractivity contribution in [3.63, 3.8) is 0 Å². The number of esters is 1. The van der Waals surface area contributed by atoms with Gasteiger partial charge in [0, 0.05) is 17.4 Å². The van der Waals surface area contributed by atoms with E-state index < -0.39 is 23.0 Å². The van der Waals surface area contributed by atoms with E-state index in [-0.39, 0.29) is 18.7 Å². The maximum absolute atomic E-state index is 13.0. The van der Waals surface area contributed by atoms with Crippen molar-refractivity contribution in [3.8, 4) is 5.75 Å². The van der Waals surface area contributed by atoms with Crippen LogP contribution in [-0.4, -0.2) is 47.1 Å². The van der Waals surface area contributed by atoms with E-state index in [4.69, 9.17) is 9.47 Å². The van der Waals surface area contributed by atoms with E-state index in [1.165, 1.54) is 7.11 Å². The zero-order valence-corrected chi connectivity index (χ0v) is 15.2. The molecule has 0 radical (unpaired) electrons. The Bertz CT molecular complexity index is 708. The molecule has 1 atom stereocenters. The molecule has 0 bridgehead atoms. The average Bonchev–Trinajstić information content (AvgIpc) is 2.93. The summed E-state index contributed by atoms with van der Waals surface area (Å²) in [6.07, 6.45) is -0.0922. The lowest BCUT2D eigenvalue weighted by Gasteiger charge is -2.41. The Morgan fingerprint density at radius 1 is 1.36 bits per heavy atom. The van der Waals surface area contributed by atoms with Gasteiger partial charge in [0.25, 0.3) is 5.91 Å². The van der Waals surface area contributed by atoms with Gasteiger partial charge >= 0.3 is 5.97 Å². The lowest BCUT2D eigenvalue weighted by Crippen LogP contribution is -2.55. The van der Waals surface area contributed by atoms with Crippen molar-refractivity contribution in [2.45, 2.75) is 39.8 Å². The topological polar surface area (TPSA) is 88.4 Å². The number of hydrogen-bond acceptors (Lipinski definition) is 6. The molecule has 1 aliphatic heterocycles.